The molecule has 1 fully saturated rings. The molecular weight excluding hydrogens is 178 g/mol. The third kappa shape index (κ3) is 3.54. The summed E-state index contributed by atoms with van der Waals surface area (Å²) in [4.78, 5) is 4.14. The largest absolute Gasteiger partial charge is 0.388 e. The minimum atomic E-state index is -0.579. The van der Waals surface area contributed by atoms with Gasteiger partial charge >= 0.3 is 0 Å². The van der Waals surface area contributed by atoms with Crippen LogP contribution in [0.1, 0.15) is 40.0 Å². The lowest BCUT2D eigenvalue weighted by Gasteiger charge is -2.35. The maximum absolute atomic E-state index is 9.77. The number of rotatable bonds is 2. The van der Waals surface area contributed by atoms with Gasteiger partial charge in [-0.05, 0) is 40.0 Å². The normalized spacial score (nSPS) is 21.6. The van der Waals surface area contributed by atoms with Gasteiger partial charge in [0.1, 0.15) is 0 Å². The quantitative estimate of drug-likeness (QED) is 0.450. The Kier molecular flexibility index (Phi) is 3.04. The number of nitrogens with one attached hydrogen (secondary N) is 1. The Bertz CT molecular complexity index is 226. The fourth-order valence-corrected chi connectivity index (χ4v) is 1.40. The maximum atomic E-state index is 9.77. The van der Waals surface area contributed by atoms with E-state index in [1.54, 1.807) is 0 Å². The van der Waals surface area contributed by atoms with Gasteiger partial charge < -0.3 is 16.2 Å². The third-order valence-electron chi connectivity index (χ3n) is 2.33. The van der Waals surface area contributed by atoms with E-state index in [0.29, 0.717) is 12.5 Å². The van der Waals surface area contributed by atoms with Gasteiger partial charge in [0.15, 0.2) is 5.96 Å². The standard InChI is InChI=1S/C10H21N3O/c1-9(2,3)13-8(11)12-7-10(14)5-4-6-10/h14H,4-7H2,1-3H3,(H3,11,12,13). The molecule has 0 aromatic rings. The fraction of sp³-hybridized carbons (Fsp3) is 0.900. The summed E-state index contributed by atoms with van der Waals surface area (Å²) in [5, 5.41) is 12.8. The molecule has 1 saturated carbocycles. The van der Waals surface area contributed by atoms with Crippen LogP contribution >= 0.6 is 0 Å². The maximum Gasteiger partial charge on any atom is 0.189 e. The summed E-state index contributed by atoms with van der Waals surface area (Å²) >= 11 is 0. The average Bonchev–Trinajstić information content (AvgIpc) is 1.94. The molecule has 0 aromatic heterocycles. The molecule has 82 valence electrons. The Hall–Kier alpha value is -0.770. The number of guanidine groups is 1. The Balaban J connectivity index is 2.36. The van der Waals surface area contributed by atoms with Gasteiger partial charge in [0, 0.05) is 5.54 Å². The molecule has 0 radical (unpaired) electrons. The highest BCUT2D eigenvalue weighted by Crippen LogP contribution is 2.31. The van der Waals surface area contributed by atoms with Crippen molar-refractivity contribution in [3.8, 4) is 0 Å². The highest BCUT2D eigenvalue weighted by molar-refractivity contribution is 5.78. The summed E-state index contributed by atoms with van der Waals surface area (Å²) < 4.78 is 0. The molecule has 0 aliphatic heterocycles. The van der Waals surface area contributed by atoms with Gasteiger partial charge in [-0.2, -0.15) is 0 Å². The minimum absolute atomic E-state index is 0.0736. The van der Waals surface area contributed by atoms with Gasteiger partial charge in [0.25, 0.3) is 0 Å². The number of nitrogens with two attached hydrogens (primary N) is 1. The van der Waals surface area contributed by atoms with E-state index in [1.807, 2.05) is 20.8 Å². The lowest BCUT2D eigenvalue weighted by Crippen LogP contribution is -2.47. The lowest BCUT2D eigenvalue weighted by molar-refractivity contribution is -0.0236. The zero-order chi connectivity index (χ0) is 10.8. The molecule has 0 amide bonds. The van der Waals surface area contributed by atoms with E-state index in [2.05, 4.69) is 10.3 Å². The van der Waals surface area contributed by atoms with Crippen molar-refractivity contribution in [3.63, 3.8) is 0 Å². The summed E-state index contributed by atoms with van der Waals surface area (Å²) in [7, 11) is 0. The van der Waals surface area contributed by atoms with Crippen LogP contribution in [-0.2, 0) is 0 Å². The number of aliphatic imine (C=N–C) groups is 1. The first-order valence-corrected chi connectivity index (χ1v) is 5.11. The van der Waals surface area contributed by atoms with Gasteiger partial charge in [-0.1, -0.05) is 0 Å². The number of aliphatic hydroxyl groups is 1. The number of hydrogen-bond donors (Lipinski definition) is 3. The van der Waals surface area contributed by atoms with E-state index in [0.717, 1.165) is 19.3 Å². The van der Waals surface area contributed by atoms with E-state index < -0.39 is 5.60 Å². The summed E-state index contributed by atoms with van der Waals surface area (Å²) in [5.41, 5.74) is 5.02. The molecule has 1 rings (SSSR count). The zero-order valence-electron chi connectivity index (χ0n) is 9.30. The van der Waals surface area contributed by atoms with Crippen LogP contribution in [0.5, 0.6) is 0 Å². The second-order valence-electron chi connectivity index (χ2n) is 5.15. The molecule has 14 heavy (non-hydrogen) atoms. The van der Waals surface area contributed by atoms with E-state index in [9.17, 15) is 5.11 Å². The lowest BCUT2D eigenvalue weighted by atomic mass is 9.80. The molecule has 0 atom stereocenters. The highest BCUT2D eigenvalue weighted by atomic mass is 16.3. The molecule has 1 aliphatic rings. The van der Waals surface area contributed by atoms with Crippen molar-refractivity contribution in [1.82, 2.24) is 5.32 Å². The molecule has 4 heteroatoms. The van der Waals surface area contributed by atoms with Gasteiger partial charge in [-0.3, -0.25) is 4.99 Å². The molecule has 0 spiro atoms. The second kappa shape index (κ2) is 3.77. The molecule has 0 heterocycles. The van der Waals surface area contributed by atoms with Crippen LogP contribution in [0, 0.1) is 0 Å². The van der Waals surface area contributed by atoms with Crippen molar-refractivity contribution in [2.24, 2.45) is 10.7 Å². The highest BCUT2D eigenvalue weighted by Gasteiger charge is 2.34. The molecule has 4 N–H and O–H groups in total. The molecule has 0 aromatic carbocycles. The Morgan fingerprint density at radius 2 is 2.07 bits per heavy atom. The molecule has 1 aliphatic carbocycles. The van der Waals surface area contributed by atoms with Crippen molar-refractivity contribution < 1.29 is 5.11 Å². The van der Waals surface area contributed by atoms with Crippen LogP contribution in [0.4, 0.5) is 0 Å². The SMILES string of the molecule is CC(C)(C)NC(N)=NCC1(O)CCC1. The second-order valence-corrected chi connectivity index (χ2v) is 5.15. The molecule has 0 saturated heterocycles. The summed E-state index contributed by atoms with van der Waals surface area (Å²) in [6, 6.07) is 0. The van der Waals surface area contributed by atoms with Crippen LogP contribution in [0.15, 0.2) is 4.99 Å². The topological polar surface area (TPSA) is 70.6 Å². The molecule has 0 unspecified atom stereocenters. The Labute approximate surface area is 85.6 Å². The molecule has 0 bridgehead atoms. The minimum Gasteiger partial charge on any atom is -0.388 e. The van der Waals surface area contributed by atoms with Crippen molar-refractivity contribution in [3.05, 3.63) is 0 Å². The Morgan fingerprint density at radius 3 is 2.43 bits per heavy atom. The monoisotopic (exact) mass is 199 g/mol. The third-order valence-corrected chi connectivity index (χ3v) is 2.33. The van der Waals surface area contributed by atoms with Crippen LogP contribution in [0.25, 0.3) is 0 Å². The van der Waals surface area contributed by atoms with Gasteiger partial charge in [0.2, 0.25) is 0 Å². The smallest absolute Gasteiger partial charge is 0.189 e. The van der Waals surface area contributed by atoms with Crippen LogP contribution in [-0.4, -0.2) is 28.8 Å². The van der Waals surface area contributed by atoms with Gasteiger partial charge in [-0.25, -0.2) is 0 Å². The van der Waals surface area contributed by atoms with E-state index >= 15 is 0 Å². The Morgan fingerprint density at radius 1 is 1.50 bits per heavy atom. The van der Waals surface area contributed by atoms with Crippen molar-refractivity contribution in [2.45, 2.75) is 51.2 Å². The van der Waals surface area contributed by atoms with E-state index in [1.165, 1.54) is 0 Å². The van der Waals surface area contributed by atoms with Crippen LogP contribution < -0.4 is 11.1 Å². The first kappa shape index (κ1) is 11.3. The number of hydrogen-bond acceptors (Lipinski definition) is 2. The van der Waals surface area contributed by atoms with Crippen molar-refractivity contribution >= 4 is 5.96 Å². The predicted octanol–water partition coefficient (Wildman–Crippen LogP) is 0.604. The van der Waals surface area contributed by atoms with Crippen molar-refractivity contribution in [2.75, 3.05) is 6.54 Å². The first-order valence-electron chi connectivity index (χ1n) is 5.11. The van der Waals surface area contributed by atoms with Gasteiger partial charge in [-0.15, -0.1) is 0 Å². The summed E-state index contributed by atoms with van der Waals surface area (Å²) in [6.45, 7) is 6.48. The predicted molar refractivity (Wildman–Crippen MR) is 58.2 cm³/mol. The zero-order valence-corrected chi connectivity index (χ0v) is 9.30. The molecular formula is C10H21N3O. The van der Waals surface area contributed by atoms with E-state index in [4.69, 9.17) is 5.73 Å². The average molecular weight is 199 g/mol. The van der Waals surface area contributed by atoms with Crippen molar-refractivity contribution in [1.29, 1.82) is 0 Å². The van der Waals surface area contributed by atoms with Crippen LogP contribution in [0.2, 0.25) is 0 Å². The number of nitrogens with zero attached hydrogens (tertiary/aromatic N) is 1. The van der Waals surface area contributed by atoms with Crippen LogP contribution in [0.3, 0.4) is 0 Å². The first-order chi connectivity index (χ1) is 6.31. The molecule has 4 nitrogen and oxygen atoms in total. The van der Waals surface area contributed by atoms with E-state index in [-0.39, 0.29) is 5.54 Å². The summed E-state index contributed by atoms with van der Waals surface area (Å²) in [6.07, 6.45) is 2.79. The fourth-order valence-electron chi connectivity index (χ4n) is 1.40. The summed E-state index contributed by atoms with van der Waals surface area (Å²) in [5.74, 6) is 0.415. The van der Waals surface area contributed by atoms with Gasteiger partial charge in [0.05, 0.1) is 12.1 Å².